The van der Waals surface area contributed by atoms with Crippen molar-refractivity contribution in [2.75, 3.05) is 0 Å². The molecule has 4 nitrogen and oxygen atoms in total. The largest absolute Gasteiger partial charge is 0.393 e. The topological polar surface area (TPSA) is 80.9 Å². The van der Waals surface area contributed by atoms with Gasteiger partial charge in [-0.05, 0) is 6.42 Å². The van der Waals surface area contributed by atoms with Crippen molar-refractivity contribution in [2.24, 2.45) is 5.92 Å². The Hall–Kier alpha value is -0.160. The van der Waals surface area contributed by atoms with E-state index in [-0.39, 0.29) is 12.3 Å². The quantitative estimate of drug-likeness (QED) is 0.407. The summed E-state index contributed by atoms with van der Waals surface area (Å²) in [7, 11) is 0. The van der Waals surface area contributed by atoms with Gasteiger partial charge in [-0.25, -0.2) is 0 Å². The highest BCUT2D eigenvalue weighted by molar-refractivity contribution is 4.91. The van der Waals surface area contributed by atoms with Crippen molar-refractivity contribution >= 4 is 0 Å². The van der Waals surface area contributed by atoms with Crippen LogP contribution in [0.15, 0.2) is 0 Å². The molecule has 0 radical (unpaired) electrons. The lowest BCUT2D eigenvalue weighted by Crippen LogP contribution is -2.52. The van der Waals surface area contributed by atoms with Crippen molar-refractivity contribution in [3.63, 3.8) is 0 Å². The van der Waals surface area contributed by atoms with Gasteiger partial charge >= 0.3 is 0 Å². The van der Waals surface area contributed by atoms with E-state index in [9.17, 15) is 15.3 Å². The highest BCUT2D eigenvalue weighted by atomic mass is 16.4. The Morgan fingerprint density at radius 1 is 1.00 bits per heavy atom. The van der Waals surface area contributed by atoms with Crippen LogP contribution in [0.3, 0.4) is 0 Å². The molecule has 1 rings (SSSR count). The summed E-state index contributed by atoms with van der Waals surface area (Å²) in [5.74, 6) is -0.316. The Bertz CT molecular complexity index is 150. The molecule has 1 fully saturated rings. The Kier molecular flexibility index (Phi) is 3.06. The zero-order valence-electron chi connectivity index (χ0n) is 7.09. The number of aliphatic hydroxyl groups excluding tert-OH is 4. The molecule has 0 aromatic carbocycles. The van der Waals surface area contributed by atoms with Crippen molar-refractivity contribution < 1.29 is 20.4 Å². The van der Waals surface area contributed by atoms with Gasteiger partial charge in [0.15, 0.2) is 0 Å². The molecule has 72 valence electrons. The second-order valence-corrected chi connectivity index (χ2v) is 3.42. The molecule has 0 unspecified atom stereocenters. The van der Waals surface area contributed by atoms with Crippen molar-refractivity contribution in [2.45, 2.75) is 44.2 Å². The van der Waals surface area contributed by atoms with Crippen LogP contribution in [-0.4, -0.2) is 44.8 Å². The Morgan fingerprint density at radius 3 is 2.08 bits per heavy atom. The first-order chi connectivity index (χ1) is 5.57. The molecular formula is C8H16O4. The number of hydrogen-bond donors (Lipinski definition) is 4. The predicted molar refractivity (Wildman–Crippen MR) is 42.4 cm³/mol. The summed E-state index contributed by atoms with van der Waals surface area (Å²) in [6.45, 7) is 1.83. The van der Waals surface area contributed by atoms with E-state index in [4.69, 9.17) is 5.11 Å². The van der Waals surface area contributed by atoms with Crippen molar-refractivity contribution in [3.8, 4) is 0 Å². The summed E-state index contributed by atoms with van der Waals surface area (Å²) in [4.78, 5) is 0. The summed E-state index contributed by atoms with van der Waals surface area (Å²) in [5, 5.41) is 37.2. The predicted octanol–water partition coefficient (Wildman–Crippen LogP) is -1.14. The van der Waals surface area contributed by atoms with Gasteiger partial charge in [-0.3, -0.25) is 0 Å². The average Bonchev–Trinajstić information content (AvgIpc) is 2.01. The van der Waals surface area contributed by atoms with Gasteiger partial charge in [0, 0.05) is 12.3 Å². The van der Waals surface area contributed by atoms with E-state index >= 15 is 0 Å². The molecule has 0 bridgehead atoms. The van der Waals surface area contributed by atoms with Gasteiger partial charge in [0.1, 0.15) is 6.10 Å². The standard InChI is InChI=1S/C8H16O4/c1-2-4-5(9)3-6(10)8(12)7(4)11/h4-12H,2-3H2,1H3/t4-,5+,6+,7-,8+/m1/s1. The molecule has 0 amide bonds. The van der Waals surface area contributed by atoms with Gasteiger partial charge in [-0.15, -0.1) is 0 Å². The number of rotatable bonds is 1. The molecule has 12 heavy (non-hydrogen) atoms. The molecule has 0 aromatic heterocycles. The molecule has 0 aromatic rings. The highest BCUT2D eigenvalue weighted by Gasteiger charge is 2.40. The second kappa shape index (κ2) is 3.70. The molecule has 4 N–H and O–H groups in total. The first kappa shape index (κ1) is 9.92. The van der Waals surface area contributed by atoms with Crippen LogP contribution >= 0.6 is 0 Å². The first-order valence-electron chi connectivity index (χ1n) is 4.30. The smallest absolute Gasteiger partial charge is 0.106 e. The maximum Gasteiger partial charge on any atom is 0.106 e. The SMILES string of the molecule is CC[C@H]1[C@@H](O)[C@@H](O)[C@@H](O)C[C@@H]1O. The molecule has 1 aliphatic rings. The van der Waals surface area contributed by atoms with E-state index in [1.165, 1.54) is 0 Å². The van der Waals surface area contributed by atoms with Crippen LogP contribution < -0.4 is 0 Å². The van der Waals surface area contributed by atoms with Crippen LogP contribution in [0, 0.1) is 5.92 Å². The van der Waals surface area contributed by atoms with E-state index in [1.807, 2.05) is 6.92 Å². The van der Waals surface area contributed by atoms with Gasteiger partial charge in [0.05, 0.1) is 18.3 Å². The van der Waals surface area contributed by atoms with Crippen LogP contribution in [0.2, 0.25) is 0 Å². The molecule has 0 spiro atoms. The molecule has 4 heteroatoms. The molecule has 5 atom stereocenters. The third-order valence-electron chi connectivity index (χ3n) is 2.63. The Labute approximate surface area is 71.5 Å². The van der Waals surface area contributed by atoms with Crippen molar-refractivity contribution in [1.29, 1.82) is 0 Å². The van der Waals surface area contributed by atoms with Gasteiger partial charge in [-0.1, -0.05) is 6.92 Å². The van der Waals surface area contributed by atoms with Gasteiger partial charge in [-0.2, -0.15) is 0 Å². The Balaban J connectivity index is 2.65. The Morgan fingerprint density at radius 2 is 1.58 bits per heavy atom. The highest BCUT2D eigenvalue weighted by Crippen LogP contribution is 2.27. The summed E-state index contributed by atoms with van der Waals surface area (Å²) in [6, 6.07) is 0. The molecule has 1 saturated carbocycles. The minimum atomic E-state index is -1.11. The molecule has 0 aliphatic heterocycles. The van der Waals surface area contributed by atoms with Crippen LogP contribution in [0.1, 0.15) is 19.8 Å². The molecule has 0 saturated heterocycles. The lowest BCUT2D eigenvalue weighted by Gasteiger charge is -2.38. The second-order valence-electron chi connectivity index (χ2n) is 3.42. The van der Waals surface area contributed by atoms with Crippen LogP contribution in [0.4, 0.5) is 0 Å². The van der Waals surface area contributed by atoms with Gasteiger partial charge in [0.25, 0.3) is 0 Å². The first-order valence-corrected chi connectivity index (χ1v) is 4.30. The fraction of sp³-hybridized carbons (Fsp3) is 1.00. The maximum atomic E-state index is 9.41. The van der Waals surface area contributed by atoms with Crippen LogP contribution in [0.25, 0.3) is 0 Å². The summed E-state index contributed by atoms with van der Waals surface area (Å²) in [6.07, 6.45) is -3.07. The van der Waals surface area contributed by atoms with E-state index < -0.39 is 24.4 Å². The third kappa shape index (κ3) is 1.61. The van der Waals surface area contributed by atoms with E-state index in [0.29, 0.717) is 6.42 Å². The third-order valence-corrected chi connectivity index (χ3v) is 2.63. The van der Waals surface area contributed by atoms with Crippen molar-refractivity contribution in [1.82, 2.24) is 0 Å². The average molecular weight is 176 g/mol. The normalized spacial score (nSPS) is 49.2. The van der Waals surface area contributed by atoms with E-state index in [1.54, 1.807) is 0 Å². The van der Waals surface area contributed by atoms with E-state index in [2.05, 4.69) is 0 Å². The van der Waals surface area contributed by atoms with E-state index in [0.717, 1.165) is 0 Å². The number of aliphatic hydroxyl groups is 4. The van der Waals surface area contributed by atoms with Gasteiger partial charge < -0.3 is 20.4 Å². The van der Waals surface area contributed by atoms with Crippen molar-refractivity contribution in [3.05, 3.63) is 0 Å². The minimum Gasteiger partial charge on any atom is -0.393 e. The number of hydrogen-bond acceptors (Lipinski definition) is 4. The van der Waals surface area contributed by atoms with Crippen LogP contribution in [0.5, 0.6) is 0 Å². The molecule has 1 aliphatic carbocycles. The van der Waals surface area contributed by atoms with Gasteiger partial charge in [0.2, 0.25) is 0 Å². The summed E-state index contributed by atoms with van der Waals surface area (Å²) < 4.78 is 0. The lowest BCUT2D eigenvalue weighted by molar-refractivity contribution is -0.149. The zero-order chi connectivity index (χ0) is 9.30. The molecule has 0 heterocycles. The summed E-state index contributed by atoms with van der Waals surface area (Å²) in [5.41, 5.74) is 0. The minimum absolute atomic E-state index is 0.150. The maximum absolute atomic E-state index is 9.41. The monoisotopic (exact) mass is 176 g/mol. The fourth-order valence-electron chi connectivity index (χ4n) is 1.78. The van der Waals surface area contributed by atoms with Crippen LogP contribution in [-0.2, 0) is 0 Å². The zero-order valence-corrected chi connectivity index (χ0v) is 7.09. The molecular weight excluding hydrogens is 160 g/mol. The summed E-state index contributed by atoms with van der Waals surface area (Å²) >= 11 is 0. The fourth-order valence-corrected chi connectivity index (χ4v) is 1.78. The lowest BCUT2D eigenvalue weighted by atomic mass is 9.79.